The molecule has 0 aromatic heterocycles. The van der Waals surface area contributed by atoms with E-state index in [9.17, 15) is 13.6 Å². The Bertz CT molecular complexity index is 1060. The number of ether oxygens (including phenoxy) is 1. The zero-order chi connectivity index (χ0) is 27.2. The van der Waals surface area contributed by atoms with Crippen LogP contribution in [0.2, 0.25) is 0 Å². The molecule has 3 fully saturated rings. The molecule has 8 atom stereocenters. The van der Waals surface area contributed by atoms with E-state index in [0.717, 1.165) is 67.4 Å². The highest BCUT2D eigenvalue weighted by Gasteiger charge is 2.59. The Morgan fingerprint density at radius 2 is 1.82 bits per heavy atom. The van der Waals surface area contributed by atoms with Crippen LogP contribution in [0.1, 0.15) is 116 Å². The van der Waals surface area contributed by atoms with Crippen molar-refractivity contribution in [1.82, 2.24) is 0 Å². The number of halogens is 2. The Kier molecular flexibility index (Phi) is 7.84. The van der Waals surface area contributed by atoms with Gasteiger partial charge in [0.1, 0.15) is 17.7 Å². The van der Waals surface area contributed by atoms with Crippen molar-refractivity contribution in [1.29, 1.82) is 0 Å². The van der Waals surface area contributed by atoms with Crippen LogP contribution in [0.5, 0.6) is 0 Å². The Morgan fingerprint density at radius 1 is 1.03 bits per heavy atom. The molecule has 0 amide bonds. The molecule has 2 nitrogen and oxygen atoms in total. The van der Waals surface area contributed by atoms with Gasteiger partial charge in [0.2, 0.25) is 0 Å². The maximum absolute atomic E-state index is 14.1. The van der Waals surface area contributed by atoms with Gasteiger partial charge in [-0.1, -0.05) is 65.5 Å². The number of rotatable bonds is 7. The number of fused-ring (bicyclic) bond motifs is 5. The molecule has 0 bridgehead atoms. The maximum atomic E-state index is 14.1. The third-order valence-corrected chi connectivity index (χ3v) is 11.7. The van der Waals surface area contributed by atoms with Crippen LogP contribution >= 0.6 is 0 Å². The first kappa shape index (κ1) is 27.8. The lowest BCUT2D eigenvalue weighted by molar-refractivity contribution is -0.0595. The molecule has 4 aliphatic rings. The molecule has 1 aromatic carbocycles. The van der Waals surface area contributed by atoms with Crippen LogP contribution in [0.4, 0.5) is 8.78 Å². The van der Waals surface area contributed by atoms with E-state index in [4.69, 9.17) is 4.74 Å². The molecule has 0 aliphatic heterocycles. The lowest BCUT2D eigenvalue weighted by Gasteiger charge is -2.58. The smallest absolute Gasteiger partial charge is 0.341 e. The van der Waals surface area contributed by atoms with E-state index in [1.54, 1.807) is 0 Å². The normalized spacial score (nSPS) is 37.2. The fourth-order valence-corrected chi connectivity index (χ4v) is 9.62. The second-order valence-electron chi connectivity index (χ2n) is 14.2. The zero-order valence-corrected chi connectivity index (χ0v) is 24.2. The van der Waals surface area contributed by atoms with Crippen LogP contribution in [-0.4, -0.2) is 12.1 Å². The Morgan fingerprint density at radius 3 is 2.55 bits per heavy atom. The van der Waals surface area contributed by atoms with Gasteiger partial charge in [0.05, 0.1) is 5.56 Å². The number of allylic oxidation sites excluding steroid dienone is 1. The van der Waals surface area contributed by atoms with Crippen LogP contribution < -0.4 is 0 Å². The fourth-order valence-electron chi connectivity index (χ4n) is 9.62. The summed E-state index contributed by atoms with van der Waals surface area (Å²) in [6.07, 6.45) is 15.5. The van der Waals surface area contributed by atoms with Gasteiger partial charge in [0.25, 0.3) is 0 Å². The summed E-state index contributed by atoms with van der Waals surface area (Å²) < 4.78 is 33.2. The molecule has 3 saturated carbocycles. The van der Waals surface area contributed by atoms with Crippen molar-refractivity contribution in [2.24, 2.45) is 46.3 Å². The predicted octanol–water partition coefficient (Wildman–Crippen LogP) is 9.53. The van der Waals surface area contributed by atoms with Gasteiger partial charge in [0.15, 0.2) is 0 Å². The maximum Gasteiger partial charge on any atom is 0.341 e. The van der Waals surface area contributed by atoms with E-state index < -0.39 is 17.6 Å². The molecule has 4 unspecified atom stereocenters. The molecule has 4 aliphatic carbocycles. The average Bonchev–Trinajstić information content (AvgIpc) is 3.21. The van der Waals surface area contributed by atoms with Gasteiger partial charge in [-0.25, -0.2) is 13.6 Å². The number of carbonyl (C=O) groups excluding carboxylic acids is 1. The SMILES string of the molecule is CC(C)CCC[C@@H](C)[C@H]1CCC2C3CC=C4CC(OC(=O)c5ccc(F)cc5F)CC[C@]4(C)C3CC[C@@]21C. The van der Waals surface area contributed by atoms with Crippen molar-refractivity contribution >= 4 is 5.97 Å². The number of hydrogen-bond donors (Lipinski definition) is 0. The molecule has 5 rings (SSSR count). The van der Waals surface area contributed by atoms with Gasteiger partial charge in [-0.3, -0.25) is 0 Å². The summed E-state index contributed by atoms with van der Waals surface area (Å²) in [7, 11) is 0. The van der Waals surface area contributed by atoms with Gasteiger partial charge in [-0.2, -0.15) is 0 Å². The van der Waals surface area contributed by atoms with Gasteiger partial charge in [-0.05, 0) is 103 Å². The summed E-state index contributed by atoms with van der Waals surface area (Å²) in [6, 6.07) is 3.04. The second kappa shape index (κ2) is 10.7. The highest BCUT2D eigenvalue weighted by molar-refractivity contribution is 5.89. The molecular formula is C34H48F2O2. The molecule has 0 heterocycles. The van der Waals surface area contributed by atoms with E-state index >= 15 is 0 Å². The molecule has 38 heavy (non-hydrogen) atoms. The van der Waals surface area contributed by atoms with E-state index in [1.807, 2.05) is 0 Å². The van der Waals surface area contributed by atoms with Gasteiger partial charge in [-0.15, -0.1) is 0 Å². The molecule has 0 N–H and O–H groups in total. The van der Waals surface area contributed by atoms with Crippen molar-refractivity contribution in [3.05, 3.63) is 47.0 Å². The average molecular weight is 527 g/mol. The molecule has 0 radical (unpaired) electrons. The van der Waals surface area contributed by atoms with Gasteiger partial charge in [0, 0.05) is 12.5 Å². The third kappa shape index (κ3) is 4.99. The van der Waals surface area contributed by atoms with Crippen LogP contribution in [0, 0.1) is 58.0 Å². The summed E-state index contributed by atoms with van der Waals surface area (Å²) in [4.78, 5) is 12.7. The highest BCUT2D eigenvalue weighted by Crippen LogP contribution is 2.67. The third-order valence-electron chi connectivity index (χ3n) is 11.7. The summed E-state index contributed by atoms with van der Waals surface area (Å²) in [5, 5.41) is 0. The molecule has 210 valence electrons. The zero-order valence-electron chi connectivity index (χ0n) is 24.2. The molecule has 0 saturated heterocycles. The van der Waals surface area contributed by atoms with Crippen molar-refractivity contribution < 1.29 is 18.3 Å². The topological polar surface area (TPSA) is 26.3 Å². The minimum Gasteiger partial charge on any atom is -0.458 e. The van der Waals surface area contributed by atoms with Crippen molar-refractivity contribution in [2.75, 3.05) is 0 Å². The number of benzene rings is 1. The standard InChI is InChI=1S/C34H48F2O2/c1-21(2)7-6-8-22(3)28-13-14-29-26-11-9-23-19-25(38-32(37)27-12-10-24(35)20-31(27)36)15-17-33(23,4)30(26)16-18-34(28,29)5/h9-10,12,20-22,25-26,28-30H,6-8,11,13-19H2,1-5H3/t22-,25?,26?,28-,29?,30?,33+,34-/m1/s1. The molecule has 0 spiro atoms. The summed E-state index contributed by atoms with van der Waals surface area (Å²) in [6.45, 7) is 12.3. The minimum atomic E-state index is -0.857. The van der Waals surface area contributed by atoms with E-state index in [2.05, 4.69) is 40.7 Å². The Hall–Kier alpha value is -1.71. The van der Waals surface area contributed by atoms with Gasteiger partial charge < -0.3 is 4.74 Å². The number of hydrogen-bond acceptors (Lipinski definition) is 2. The van der Waals surface area contributed by atoms with Crippen molar-refractivity contribution in [2.45, 2.75) is 111 Å². The first-order valence-corrected chi connectivity index (χ1v) is 15.4. The minimum absolute atomic E-state index is 0.176. The highest BCUT2D eigenvalue weighted by atomic mass is 19.1. The van der Waals surface area contributed by atoms with Gasteiger partial charge >= 0.3 is 5.97 Å². The first-order valence-electron chi connectivity index (χ1n) is 15.4. The summed E-state index contributed by atoms with van der Waals surface area (Å²) in [5.74, 6) is 2.56. The van der Waals surface area contributed by atoms with E-state index in [-0.39, 0.29) is 17.1 Å². The quantitative estimate of drug-likeness (QED) is 0.261. The van der Waals surface area contributed by atoms with Crippen LogP contribution in [0.3, 0.4) is 0 Å². The lowest BCUT2D eigenvalue weighted by Crippen LogP contribution is -2.51. The first-order chi connectivity index (χ1) is 18.0. The van der Waals surface area contributed by atoms with E-state index in [1.165, 1.54) is 56.6 Å². The monoisotopic (exact) mass is 526 g/mol. The molecule has 1 aromatic rings. The van der Waals surface area contributed by atoms with E-state index in [0.29, 0.717) is 11.3 Å². The number of esters is 1. The second-order valence-corrected chi connectivity index (χ2v) is 14.2. The van der Waals surface area contributed by atoms with Crippen LogP contribution in [0.25, 0.3) is 0 Å². The predicted molar refractivity (Wildman–Crippen MR) is 149 cm³/mol. The fraction of sp³-hybridized carbons (Fsp3) is 0.735. The summed E-state index contributed by atoms with van der Waals surface area (Å²) >= 11 is 0. The Labute approximate surface area is 229 Å². The molecular weight excluding hydrogens is 478 g/mol. The largest absolute Gasteiger partial charge is 0.458 e. The van der Waals surface area contributed by atoms with Crippen molar-refractivity contribution in [3.63, 3.8) is 0 Å². The van der Waals surface area contributed by atoms with Crippen LogP contribution in [0.15, 0.2) is 29.8 Å². The summed E-state index contributed by atoms with van der Waals surface area (Å²) in [5.41, 5.74) is 1.92. The molecule has 4 heteroatoms. The van der Waals surface area contributed by atoms with Crippen molar-refractivity contribution in [3.8, 4) is 0 Å². The van der Waals surface area contributed by atoms with Crippen LogP contribution in [-0.2, 0) is 4.74 Å². The number of carbonyl (C=O) groups is 1. The lowest BCUT2D eigenvalue weighted by atomic mass is 9.47. The Balaban J connectivity index is 1.25.